The van der Waals surface area contributed by atoms with Gasteiger partial charge in [0.15, 0.2) is 0 Å². The van der Waals surface area contributed by atoms with Crippen LogP contribution in [0, 0.1) is 5.82 Å². The highest BCUT2D eigenvalue weighted by Gasteiger charge is 2.23. The van der Waals surface area contributed by atoms with Crippen molar-refractivity contribution < 1.29 is 9.13 Å². The van der Waals surface area contributed by atoms with Gasteiger partial charge in [0.25, 0.3) is 0 Å². The Morgan fingerprint density at radius 1 is 1.17 bits per heavy atom. The van der Waals surface area contributed by atoms with E-state index in [1.165, 1.54) is 12.1 Å². The van der Waals surface area contributed by atoms with Gasteiger partial charge in [-0.1, -0.05) is 0 Å². The van der Waals surface area contributed by atoms with E-state index >= 15 is 0 Å². The monoisotopic (exact) mass is 332 g/mol. The zero-order valence-corrected chi connectivity index (χ0v) is 13.7. The smallest absolute Gasteiger partial charge is 0.232 e. The van der Waals surface area contributed by atoms with Crippen LogP contribution in [-0.4, -0.2) is 45.1 Å². The van der Waals surface area contributed by atoms with E-state index in [9.17, 15) is 4.39 Å². The molecule has 1 fully saturated rings. The summed E-state index contributed by atoms with van der Waals surface area (Å²) in [6, 6.07) is 5.95. The van der Waals surface area contributed by atoms with Crippen molar-refractivity contribution in [3.05, 3.63) is 35.9 Å². The number of ether oxygens (including phenoxy) is 1. The lowest BCUT2D eigenvalue weighted by atomic mass is 10.2. The molecule has 0 aliphatic carbocycles. The van der Waals surface area contributed by atoms with E-state index in [0.29, 0.717) is 24.0 Å². The molecule has 0 spiro atoms. The van der Waals surface area contributed by atoms with Crippen LogP contribution in [0.1, 0.15) is 19.7 Å². The number of nitrogens with one attached hydrogen (secondary N) is 1. The topological polar surface area (TPSA) is 89.2 Å². The van der Waals surface area contributed by atoms with Crippen molar-refractivity contribution in [3.63, 3.8) is 0 Å². The number of hydrogen-bond donors (Lipinski definition) is 2. The summed E-state index contributed by atoms with van der Waals surface area (Å²) >= 11 is 0. The van der Waals surface area contributed by atoms with Crippen LogP contribution in [0.4, 0.5) is 22.0 Å². The van der Waals surface area contributed by atoms with Gasteiger partial charge < -0.3 is 15.8 Å². The fraction of sp³-hybridized carbons (Fsp3) is 0.438. The maximum atomic E-state index is 13.0. The van der Waals surface area contributed by atoms with Gasteiger partial charge in [-0.25, -0.2) is 4.39 Å². The van der Waals surface area contributed by atoms with E-state index in [1.807, 2.05) is 13.8 Å². The normalized spacial score (nSPS) is 21.6. The summed E-state index contributed by atoms with van der Waals surface area (Å²) in [6.45, 7) is 6.30. The Balaban J connectivity index is 1.72. The molecule has 2 aromatic rings. The predicted molar refractivity (Wildman–Crippen MR) is 89.2 cm³/mol. The molecule has 0 saturated carbocycles. The van der Waals surface area contributed by atoms with Crippen LogP contribution in [0.3, 0.4) is 0 Å². The average molecular weight is 332 g/mol. The lowest BCUT2D eigenvalue weighted by Crippen LogP contribution is -2.45. The zero-order chi connectivity index (χ0) is 17.1. The van der Waals surface area contributed by atoms with E-state index in [2.05, 4.69) is 25.2 Å². The number of nitrogen functional groups attached to an aromatic ring is 1. The number of rotatable bonds is 4. The van der Waals surface area contributed by atoms with Crippen LogP contribution in [0.5, 0.6) is 0 Å². The molecule has 1 aromatic carbocycles. The van der Waals surface area contributed by atoms with Gasteiger partial charge in [-0.15, -0.1) is 0 Å². The van der Waals surface area contributed by atoms with Gasteiger partial charge in [0.2, 0.25) is 11.9 Å². The van der Waals surface area contributed by atoms with E-state index < -0.39 is 0 Å². The number of nitrogens with two attached hydrogens (primary N) is 1. The summed E-state index contributed by atoms with van der Waals surface area (Å²) < 4.78 is 18.7. The molecule has 3 rings (SSSR count). The maximum absolute atomic E-state index is 13.0. The van der Waals surface area contributed by atoms with Crippen molar-refractivity contribution in [2.45, 2.75) is 32.6 Å². The van der Waals surface area contributed by atoms with Gasteiger partial charge in [-0.2, -0.15) is 15.0 Å². The van der Waals surface area contributed by atoms with Gasteiger partial charge >= 0.3 is 0 Å². The van der Waals surface area contributed by atoms with E-state index in [0.717, 1.165) is 13.1 Å². The fourth-order valence-corrected chi connectivity index (χ4v) is 2.84. The third-order valence-electron chi connectivity index (χ3n) is 3.66. The molecular weight excluding hydrogens is 311 g/mol. The molecule has 24 heavy (non-hydrogen) atoms. The van der Waals surface area contributed by atoms with Crippen molar-refractivity contribution >= 4 is 17.6 Å². The van der Waals surface area contributed by atoms with Crippen molar-refractivity contribution in [1.82, 2.24) is 19.9 Å². The number of morpholine rings is 1. The van der Waals surface area contributed by atoms with Crippen molar-refractivity contribution in [2.24, 2.45) is 0 Å². The van der Waals surface area contributed by atoms with Crippen LogP contribution < -0.4 is 11.1 Å². The molecule has 7 nitrogen and oxygen atoms in total. The molecule has 3 N–H and O–H groups in total. The minimum atomic E-state index is -0.299. The van der Waals surface area contributed by atoms with Crippen LogP contribution in [0.25, 0.3) is 0 Å². The highest BCUT2D eigenvalue weighted by Crippen LogP contribution is 2.16. The second-order valence-corrected chi connectivity index (χ2v) is 6.02. The van der Waals surface area contributed by atoms with Crippen LogP contribution >= 0.6 is 0 Å². The number of hydrogen-bond acceptors (Lipinski definition) is 7. The summed E-state index contributed by atoms with van der Waals surface area (Å²) in [6.07, 6.45) is 0.342. The molecule has 2 atom stereocenters. The third-order valence-corrected chi connectivity index (χ3v) is 3.66. The number of anilines is 3. The predicted octanol–water partition coefficient (Wildman–Crippen LogP) is 1.95. The third kappa shape index (κ3) is 4.36. The van der Waals surface area contributed by atoms with Crippen molar-refractivity contribution in [3.8, 4) is 0 Å². The van der Waals surface area contributed by atoms with Crippen molar-refractivity contribution in [2.75, 3.05) is 24.1 Å². The summed E-state index contributed by atoms with van der Waals surface area (Å²) in [5.74, 6) is 0.790. The standard InChI is InChI=1S/C16H21FN6O/c1-10-7-23(8-11(2)24-10)9-14-20-15(18)22-16(21-14)19-13-5-3-12(17)4-6-13/h3-6,10-11H,7-9H2,1-2H3,(H3,18,19,20,21,22). The minimum Gasteiger partial charge on any atom is -0.373 e. The second kappa shape index (κ2) is 7.06. The SMILES string of the molecule is CC1CN(Cc2nc(N)nc(Nc3ccc(F)cc3)n2)CC(C)O1. The molecule has 1 aliphatic rings. The molecule has 2 heterocycles. The Labute approximate surface area is 140 Å². The van der Waals surface area contributed by atoms with Crippen LogP contribution in [0.2, 0.25) is 0 Å². The van der Waals surface area contributed by atoms with Gasteiger partial charge in [-0.3, -0.25) is 4.90 Å². The van der Waals surface area contributed by atoms with E-state index in [1.54, 1.807) is 12.1 Å². The molecule has 128 valence electrons. The minimum absolute atomic E-state index is 0.152. The Bertz CT molecular complexity index is 685. The molecule has 2 unspecified atom stereocenters. The second-order valence-electron chi connectivity index (χ2n) is 6.02. The Hall–Kier alpha value is -2.32. The first-order chi connectivity index (χ1) is 11.5. The summed E-state index contributed by atoms with van der Waals surface area (Å²) in [7, 11) is 0. The lowest BCUT2D eigenvalue weighted by Gasteiger charge is -2.34. The Morgan fingerprint density at radius 2 is 1.83 bits per heavy atom. The molecular formula is C16H21FN6O. The van der Waals surface area contributed by atoms with Gasteiger partial charge in [0.1, 0.15) is 11.6 Å². The quantitative estimate of drug-likeness (QED) is 0.884. The fourth-order valence-electron chi connectivity index (χ4n) is 2.84. The highest BCUT2D eigenvalue weighted by atomic mass is 19.1. The van der Waals surface area contributed by atoms with E-state index in [-0.39, 0.29) is 24.0 Å². The zero-order valence-electron chi connectivity index (χ0n) is 13.7. The largest absolute Gasteiger partial charge is 0.373 e. The first-order valence-corrected chi connectivity index (χ1v) is 7.89. The van der Waals surface area contributed by atoms with Gasteiger partial charge in [-0.05, 0) is 38.1 Å². The molecule has 0 amide bonds. The van der Waals surface area contributed by atoms with Gasteiger partial charge in [0, 0.05) is 18.8 Å². The molecule has 1 aromatic heterocycles. The number of benzene rings is 1. The highest BCUT2D eigenvalue weighted by molar-refractivity contribution is 5.53. The first kappa shape index (κ1) is 16.5. The molecule has 0 bridgehead atoms. The summed E-state index contributed by atoms with van der Waals surface area (Å²) in [5, 5.41) is 3.02. The van der Waals surface area contributed by atoms with Crippen molar-refractivity contribution in [1.29, 1.82) is 0 Å². The summed E-state index contributed by atoms with van der Waals surface area (Å²) in [5.41, 5.74) is 6.47. The van der Waals surface area contributed by atoms with Gasteiger partial charge in [0.05, 0.1) is 18.8 Å². The molecule has 1 aliphatic heterocycles. The number of nitrogens with zero attached hydrogens (tertiary/aromatic N) is 4. The maximum Gasteiger partial charge on any atom is 0.232 e. The summed E-state index contributed by atoms with van der Waals surface area (Å²) in [4.78, 5) is 14.9. The molecule has 8 heteroatoms. The molecule has 0 radical (unpaired) electrons. The van der Waals surface area contributed by atoms with E-state index in [4.69, 9.17) is 10.5 Å². The Morgan fingerprint density at radius 3 is 2.50 bits per heavy atom. The number of aromatic nitrogens is 3. The molecule has 1 saturated heterocycles. The number of halogens is 1. The average Bonchev–Trinajstić information content (AvgIpc) is 2.48. The van der Waals surface area contributed by atoms with Crippen LogP contribution in [0.15, 0.2) is 24.3 Å². The lowest BCUT2D eigenvalue weighted by molar-refractivity contribution is -0.0710. The first-order valence-electron chi connectivity index (χ1n) is 7.89. The Kier molecular flexibility index (Phi) is 4.86. The van der Waals surface area contributed by atoms with Crippen LogP contribution in [-0.2, 0) is 11.3 Å².